The SMILES string of the molecule is CC(Br)CCN(C)CCCCc1ccccc1. The standard InChI is InChI=1S/C15H24BrN/c1-14(16)11-13-17(2)12-7-6-10-15-8-4-3-5-9-15/h3-5,8-9,14H,6-7,10-13H2,1-2H3. The van der Waals surface area contributed by atoms with Gasteiger partial charge in [-0.2, -0.15) is 0 Å². The third-order valence-electron chi connectivity index (χ3n) is 3.01. The Balaban J connectivity index is 2.04. The summed E-state index contributed by atoms with van der Waals surface area (Å²) in [5.74, 6) is 0. The topological polar surface area (TPSA) is 3.24 Å². The van der Waals surface area contributed by atoms with E-state index in [0.29, 0.717) is 4.83 Å². The van der Waals surface area contributed by atoms with Crippen LogP contribution in [-0.4, -0.2) is 29.9 Å². The van der Waals surface area contributed by atoms with E-state index in [1.165, 1.54) is 44.3 Å². The van der Waals surface area contributed by atoms with Gasteiger partial charge in [0, 0.05) is 4.83 Å². The monoisotopic (exact) mass is 297 g/mol. The average Bonchev–Trinajstić information content (AvgIpc) is 2.33. The van der Waals surface area contributed by atoms with Crippen molar-refractivity contribution in [1.29, 1.82) is 0 Å². The molecule has 0 amide bonds. The highest BCUT2D eigenvalue weighted by Gasteiger charge is 2.01. The Morgan fingerprint density at radius 3 is 2.47 bits per heavy atom. The highest BCUT2D eigenvalue weighted by Crippen LogP contribution is 2.07. The molecule has 1 unspecified atom stereocenters. The molecule has 0 saturated carbocycles. The van der Waals surface area contributed by atoms with E-state index in [9.17, 15) is 0 Å². The molecule has 17 heavy (non-hydrogen) atoms. The van der Waals surface area contributed by atoms with E-state index in [0.717, 1.165) is 0 Å². The van der Waals surface area contributed by atoms with Gasteiger partial charge in [-0.3, -0.25) is 0 Å². The van der Waals surface area contributed by atoms with E-state index in [2.05, 4.69) is 65.1 Å². The van der Waals surface area contributed by atoms with Gasteiger partial charge in [0.2, 0.25) is 0 Å². The first-order chi connectivity index (χ1) is 8.18. The maximum atomic E-state index is 3.59. The Hall–Kier alpha value is -0.340. The molecule has 0 aliphatic rings. The molecule has 1 nitrogen and oxygen atoms in total. The molecule has 0 fully saturated rings. The smallest absolute Gasteiger partial charge is 0.0129 e. The fourth-order valence-electron chi connectivity index (χ4n) is 1.87. The van der Waals surface area contributed by atoms with E-state index >= 15 is 0 Å². The fourth-order valence-corrected chi connectivity index (χ4v) is 2.07. The summed E-state index contributed by atoms with van der Waals surface area (Å²) in [4.78, 5) is 3.07. The summed E-state index contributed by atoms with van der Waals surface area (Å²) in [5.41, 5.74) is 1.46. The number of alkyl halides is 1. The summed E-state index contributed by atoms with van der Waals surface area (Å²) in [5, 5.41) is 0. The molecule has 0 bridgehead atoms. The molecular formula is C15H24BrN. The third-order valence-corrected chi connectivity index (χ3v) is 3.46. The van der Waals surface area contributed by atoms with Crippen molar-refractivity contribution in [3.63, 3.8) is 0 Å². The summed E-state index contributed by atoms with van der Waals surface area (Å²) >= 11 is 3.59. The lowest BCUT2D eigenvalue weighted by Gasteiger charge is -2.17. The maximum Gasteiger partial charge on any atom is 0.0129 e. The molecule has 0 heterocycles. The highest BCUT2D eigenvalue weighted by molar-refractivity contribution is 9.09. The second kappa shape index (κ2) is 8.71. The average molecular weight is 298 g/mol. The van der Waals surface area contributed by atoms with Gasteiger partial charge in [0.25, 0.3) is 0 Å². The second-order valence-corrected chi connectivity index (χ2v) is 6.38. The van der Waals surface area contributed by atoms with Gasteiger partial charge in [-0.25, -0.2) is 0 Å². The molecule has 0 spiro atoms. The van der Waals surface area contributed by atoms with Gasteiger partial charge in [0.05, 0.1) is 0 Å². The zero-order valence-corrected chi connectivity index (χ0v) is 12.6. The lowest BCUT2D eigenvalue weighted by molar-refractivity contribution is 0.322. The molecule has 0 aromatic heterocycles. The number of nitrogens with zero attached hydrogens (tertiary/aromatic N) is 1. The largest absolute Gasteiger partial charge is 0.306 e. The molecule has 2 heteroatoms. The van der Waals surface area contributed by atoms with Crippen molar-refractivity contribution in [2.24, 2.45) is 0 Å². The van der Waals surface area contributed by atoms with Crippen molar-refractivity contribution in [1.82, 2.24) is 4.90 Å². The fraction of sp³-hybridized carbons (Fsp3) is 0.600. The van der Waals surface area contributed by atoms with E-state index in [4.69, 9.17) is 0 Å². The van der Waals surface area contributed by atoms with Crippen LogP contribution in [0.1, 0.15) is 31.7 Å². The van der Waals surface area contributed by atoms with Gasteiger partial charge in [-0.05, 0) is 51.4 Å². The lowest BCUT2D eigenvalue weighted by atomic mass is 10.1. The first-order valence-electron chi connectivity index (χ1n) is 6.55. The Morgan fingerprint density at radius 2 is 1.82 bits per heavy atom. The lowest BCUT2D eigenvalue weighted by Crippen LogP contribution is -2.22. The van der Waals surface area contributed by atoms with Crippen LogP contribution < -0.4 is 0 Å². The van der Waals surface area contributed by atoms with Gasteiger partial charge >= 0.3 is 0 Å². The highest BCUT2D eigenvalue weighted by atomic mass is 79.9. The quantitative estimate of drug-likeness (QED) is 0.515. The molecule has 1 aromatic rings. The molecule has 1 atom stereocenters. The van der Waals surface area contributed by atoms with Crippen LogP contribution in [0.25, 0.3) is 0 Å². The number of benzene rings is 1. The van der Waals surface area contributed by atoms with E-state index in [1.54, 1.807) is 0 Å². The molecule has 0 aliphatic heterocycles. The van der Waals surface area contributed by atoms with Crippen molar-refractivity contribution in [3.8, 4) is 0 Å². The Bertz CT molecular complexity index is 284. The van der Waals surface area contributed by atoms with Crippen LogP contribution in [0.3, 0.4) is 0 Å². The first kappa shape index (κ1) is 14.7. The summed E-state index contributed by atoms with van der Waals surface area (Å²) < 4.78 is 0. The van der Waals surface area contributed by atoms with E-state index in [-0.39, 0.29) is 0 Å². The van der Waals surface area contributed by atoms with Crippen LogP contribution in [0, 0.1) is 0 Å². The molecule has 96 valence electrons. The van der Waals surface area contributed by atoms with Crippen molar-refractivity contribution >= 4 is 15.9 Å². The van der Waals surface area contributed by atoms with Gasteiger partial charge < -0.3 is 4.90 Å². The number of unbranched alkanes of at least 4 members (excludes halogenated alkanes) is 1. The minimum Gasteiger partial charge on any atom is -0.306 e. The minimum atomic E-state index is 0.634. The van der Waals surface area contributed by atoms with Crippen LogP contribution in [0.5, 0.6) is 0 Å². The van der Waals surface area contributed by atoms with Gasteiger partial charge in [0.1, 0.15) is 0 Å². The molecule has 0 N–H and O–H groups in total. The molecule has 1 aromatic carbocycles. The van der Waals surface area contributed by atoms with Crippen molar-refractivity contribution in [3.05, 3.63) is 35.9 Å². The summed E-state index contributed by atoms with van der Waals surface area (Å²) in [6.07, 6.45) is 5.03. The van der Waals surface area contributed by atoms with Crippen LogP contribution in [0.2, 0.25) is 0 Å². The first-order valence-corrected chi connectivity index (χ1v) is 7.46. The molecule has 0 saturated heterocycles. The normalized spacial score (nSPS) is 12.9. The molecule has 1 rings (SSSR count). The minimum absolute atomic E-state index is 0.634. The predicted molar refractivity (Wildman–Crippen MR) is 79.9 cm³/mol. The summed E-state index contributed by atoms with van der Waals surface area (Å²) in [6.45, 7) is 4.62. The second-order valence-electron chi connectivity index (χ2n) is 4.82. The van der Waals surface area contributed by atoms with Crippen molar-refractivity contribution in [2.75, 3.05) is 20.1 Å². The predicted octanol–water partition coefficient (Wildman–Crippen LogP) is 4.11. The van der Waals surface area contributed by atoms with Gasteiger partial charge in [-0.1, -0.05) is 53.2 Å². The van der Waals surface area contributed by atoms with Crippen LogP contribution in [0.15, 0.2) is 30.3 Å². The number of rotatable bonds is 8. The molecule has 0 radical (unpaired) electrons. The van der Waals surface area contributed by atoms with E-state index in [1.807, 2.05) is 0 Å². The van der Waals surface area contributed by atoms with E-state index < -0.39 is 0 Å². The molecular weight excluding hydrogens is 274 g/mol. The molecule has 0 aliphatic carbocycles. The number of hydrogen-bond acceptors (Lipinski definition) is 1. The van der Waals surface area contributed by atoms with Gasteiger partial charge in [-0.15, -0.1) is 0 Å². The maximum absolute atomic E-state index is 3.59. The van der Waals surface area contributed by atoms with Crippen LogP contribution >= 0.6 is 15.9 Å². The summed E-state index contributed by atoms with van der Waals surface area (Å²) in [6, 6.07) is 10.8. The zero-order chi connectivity index (χ0) is 12.5. The Labute approximate surface area is 114 Å². The van der Waals surface area contributed by atoms with Crippen LogP contribution in [-0.2, 0) is 6.42 Å². The van der Waals surface area contributed by atoms with Crippen LogP contribution in [0.4, 0.5) is 0 Å². The van der Waals surface area contributed by atoms with Crippen molar-refractivity contribution < 1.29 is 0 Å². The summed E-state index contributed by atoms with van der Waals surface area (Å²) in [7, 11) is 2.22. The number of hydrogen-bond donors (Lipinski definition) is 0. The number of aryl methyl sites for hydroxylation is 1. The Morgan fingerprint density at radius 1 is 1.12 bits per heavy atom. The zero-order valence-electron chi connectivity index (χ0n) is 11.0. The van der Waals surface area contributed by atoms with Crippen molar-refractivity contribution in [2.45, 2.75) is 37.4 Å². The Kier molecular flexibility index (Phi) is 7.54. The third kappa shape index (κ3) is 7.56. The number of halogens is 1. The van der Waals surface area contributed by atoms with Gasteiger partial charge in [0.15, 0.2) is 0 Å².